The van der Waals surface area contributed by atoms with E-state index in [1.807, 2.05) is 31.2 Å². The molecule has 23 heavy (non-hydrogen) atoms. The number of pyridine rings is 1. The van der Waals surface area contributed by atoms with Crippen molar-refractivity contribution in [3.63, 3.8) is 0 Å². The zero-order chi connectivity index (χ0) is 16.2. The smallest absolute Gasteiger partial charge is 0.172 e. The fourth-order valence-corrected chi connectivity index (χ4v) is 2.82. The summed E-state index contributed by atoms with van der Waals surface area (Å²) in [5.74, 6) is 2.31. The first-order chi connectivity index (χ1) is 11.1. The van der Waals surface area contributed by atoms with Gasteiger partial charge in [-0.2, -0.15) is 0 Å². The summed E-state index contributed by atoms with van der Waals surface area (Å²) in [6.45, 7) is 3.75. The van der Waals surface area contributed by atoms with E-state index in [1.165, 1.54) is 0 Å². The Morgan fingerprint density at radius 2 is 2.04 bits per heavy atom. The van der Waals surface area contributed by atoms with Gasteiger partial charge in [0.1, 0.15) is 19.0 Å². The molecule has 0 bridgehead atoms. The van der Waals surface area contributed by atoms with Gasteiger partial charge in [0.15, 0.2) is 16.6 Å². The second-order valence-electron chi connectivity index (χ2n) is 5.10. The molecule has 0 saturated carbocycles. The van der Waals surface area contributed by atoms with E-state index >= 15 is 0 Å². The molecule has 120 valence electrons. The quantitative estimate of drug-likeness (QED) is 0.779. The Bertz CT molecular complexity index is 739. The maximum absolute atomic E-state index is 5.58. The van der Waals surface area contributed by atoms with Crippen molar-refractivity contribution in [2.75, 3.05) is 18.5 Å². The minimum Gasteiger partial charge on any atom is -0.486 e. The average Bonchev–Trinajstić information content (AvgIpc) is 2.55. The van der Waals surface area contributed by atoms with Crippen LogP contribution in [0.5, 0.6) is 11.5 Å². The number of benzene rings is 1. The number of aryl methyl sites for hydroxylation is 1. The van der Waals surface area contributed by atoms with Crippen molar-refractivity contribution in [1.82, 2.24) is 10.3 Å². The van der Waals surface area contributed by atoms with Crippen molar-refractivity contribution >= 4 is 39.1 Å². The highest BCUT2D eigenvalue weighted by Crippen LogP contribution is 2.30. The Morgan fingerprint density at radius 1 is 1.26 bits per heavy atom. The van der Waals surface area contributed by atoms with Gasteiger partial charge >= 0.3 is 0 Å². The molecule has 0 unspecified atom stereocenters. The Balaban J connectivity index is 1.58. The van der Waals surface area contributed by atoms with E-state index in [-0.39, 0.29) is 0 Å². The van der Waals surface area contributed by atoms with Gasteiger partial charge in [-0.1, -0.05) is 6.07 Å². The molecule has 0 spiro atoms. The lowest BCUT2D eigenvalue weighted by molar-refractivity contribution is 0.171. The molecule has 7 heteroatoms. The minimum atomic E-state index is 0.526. The Hall–Kier alpha value is -1.86. The van der Waals surface area contributed by atoms with E-state index < -0.39 is 0 Å². The van der Waals surface area contributed by atoms with Crippen molar-refractivity contribution in [2.24, 2.45) is 0 Å². The number of fused-ring (bicyclic) bond motifs is 1. The summed E-state index contributed by atoms with van der Waals surface area (Å²) in [5, 5.41) is 6.80. The standard InChI is InChI=1S/C16H16BrN3O2S/c1-10-6-12(17)9-18-15(10)20-16(23)19-8-11-2-3-13-14(7-11)22-5-4-21-13/h2-3,6-7,9H,4-5,8H2,1H3,(H2,18,19,20,23). The molecule has 0 radical (unpaired) electrons. The summed E-state index contributed by atoms with van der Waals surface area (Å²) < 4.78 is 12.0. The molecule has 2 heterocycles. The molecule has 1 aromatic heterocycles. The van der Waals surface area contributed by atoms with Gasteiger partial charge in [0.05, 0.1) is 0 Å². The molecular formula is C16H16BrN3O2S. The number of hydrogen-bond acceptors (Lipinski definition) is 4. The molecule has 2 aromatic rings. The molecule has 0 aliphatic carbocycles. The molecule has 1 aliphatic rings. The van der Waals surface area contributed by atoms with E-state index in [4.69, 9.17) is 21.7 Å². The monoisotopic (exact) mass is 393 g/mol. The van der Waals surface area contributed by atoms with Gasteiger partial charge in [-0.05, 0) is 64.4 Å². The van der Waals surface area contributed by atoms with Gasteiger partial charge in [-0.3, -0.25) is 0 Å². The number of halogens is 1. The molecule has 0 atom stereocenters. The minimum absolute atomic E-state index is 0.526. The molecular weight excluding hydrogens is 378 g/mol. The van der Waals surface area contributed by atoms with E-state index in [0.29, 0.717) is 24.9 Å². The lowest BCUT2D eigenvalue weighted by Gasteiger charge is -2.19. The lowest BCUT2D eigenvalue weighted by atomic mass is 10.2. The zero-order valence-corrected chi connectivity index (χ0v) is 15.0. The molecule has 0 saturated heterocycles. The Kier molecular flexibility index (Phi) is 4.97. The predicted octanol–water partition coefficient (Wildman–Crippen LogP) is 3.41. The largest absolute Gasteiger partial charge is 0.486 e. The van der Waals surface area contributed by atoms with Crippen molar-refractivity contribution < 1.29 is 9.47 Å². The van der Waals surface area contributed by atoms with Crippen LogP contribution in [0.3, 0.4) is 0 Å². The van der Waals surface area contributed by atoms with E-state index in [9.17, 15) is 0 Å². The number of thiocarbonyl (C=S) groups is 1. The third kappa shape index (κ3) is 4.11. The first-order valence-electron chi connectivity index (χ1n) is 7.17. The van der Waals surface area contributed by atoms with Crippen LogP contribution in [0.25, 0.3) is 0 Å². The average molecular weight is 394 g/mol. The lowest BCUT2D eigenvalue weighted by Crippen LogP contribution is -2.28. The molecule has 0 amide bonds. The van der Waals surface area contributed by atoms with Crippen LogP contribution in [-0.2, 0) is 6.54 Å². The van der Waals surface area contributed by atoms with Gasteiger partial charge in [0.25, 0.3) is 0 Å². The zero-order valence-electron chi connectivity index (χ0n) is 12.6. The van der Waals surface area contributed by atoms with Gasteiger partial charge in [0.2, 0.25) is 0 Å². The van der Waals surface area contributed by atoms with Crippen LogP contribution in [0.15, 0.2) is 34.9 Å². The van der Waals surface area contributed by atoms with Crippen molar-refractivity contribution in [1.29, 1.82) is 0 Å². The van der Waals surface area contributed by atoms with Crippen LogP contribution in [0.4, 0.5) is 5.82 Å². The normalized spacial score (nSPS) is 12.6. The van der Waals surface area contributed by atoms with E-state index in [2.05, 4.69) is 31.5 Å². The van der Waals surface area contributed by atoms with E-state index in [0.717, 1.165) is 32.9 Å². The number of ether oxygens (including phenoxy) is 2. The predicted molar refractivity (Wildman–Crippen MR) is 97.2 cm³/mol. The van der Waals surface area contributed by atoms with Crippen LogP contribution in [0.1, 0.15) is 11.1 Å². The van der Waals surface area contributed by atoms with Gasteiger partial charge in [-0.15, -0.1) is 0 Å². The number of rotatable bonds is 3. The topological polar surface area (TPSA) is 55.4 Å². The molecule has 2 N–H and O–H groups in total. The fraction of sp³-hybridized carbons (Fsp3) is 0.250. The summed E-state index contributed by atoms with van der Waals surface area (Å²) >= 11 is 8.71. The molecule has 1 aliphatic heterocycles. The summed E-state index contributed by atoms with van der Waals surface area (Å²) in [6, 6.07) is 7.86. The van der Waals surface area contributed by atoms with Crippen LogP contribution in [0, 0.1) is 6.92 Å². The third-order valence-electron chi connectivity index (χ3n) is 3.34. The third-order valence-corrected chi connectivity index (χ3v) is 4.02. The summed E-state index contributed by atoms with van der Waals surface area (Å²) in [5.41, 5.74) is 2.08. The second kappa shape index (κ2) is 7.14. The summed E-state index contributed by atoms with van der Waals surface area (Å²) in [4.78, 5) is 4.31. The highest BCUT2D eigenvalue weighted by atomic mass is 79.9. The van der Waals surface area contributed by atoms with Crippen molar-refractivity contribution in [2.45, 2.75) is 13.5 Å². The fourth-order valence-electron chi connectivity index (χ4n) is 2.20. The van der Waals surface area contributed by atoms with E-state index in [1.54, 1.807) is 6.20 Å². The van der Waals surface area contributed by atoms with Crippen LogP contribution >= 0.6 is 28.1 Å². The maximum atomic E-state index is 5.58. The molecule has 3 rings (SSSR count). The Morgan fingerprint density at radius 3 is 2.83 bits per heavy atom. The van der Waals surface area contributed by atoms with Crippen LogP contribution < -0.4 is 20.1 Å². The molecule has 5 nitrogen and oxygen atoms in total. The van der Waals surface area contributed by atoms with Crippen molar-refractivity contribution in [3.05, 3.63) is 46.1 Å². The SMILES string of the molecule is Cc1cc(Br)cnc1NC(=S)NCc1ccc2c(c1)OCCO2. The van der Waals surface area contributed by atoms with Gasteiger partial charge in [-0.25, -0.2) is 4.98 Å². The van der Waals surface area contributed by atoms with Crippen LogP contribution in [-0.4, -0.2) is 23.3 Å². The number of nitrogens with zero attached hydrogens (tertiary/aromatic N) is 1. The van der Waals surface area contributed by atoms with Crippen molar-refractivity contribution in [3.8, 4) is 11.5 Å². The summed E-state index contributed by atoms with van der Waals surface area (Å²) in [7, 11) is 0. The van der Waals surface area contributed by atoms with Gasteiger partial charge < -0.3 is 20.1 Å². The molecule has 1 aromatic carbocycles. The first kappa shape index (κ1) is 16.0. The number of hydrogen-bond donors (Lipinski definition) is 2. The van der Waals surface area contributed by atoms with Crippen LogP contribution in [0.2, 0.25) is 0 Å². The van der Waals surface area contributed by atoms with Gasteiger partial charge in [0, 0.05) is 17.2 Å². The number of anilines is 1. The Labute approximate surface area is 148 Å². The maximum Gasteiger partial charge on any atom is 0.172 e. The molecule has 0 fully saturated rings. The summed E-state index contributed by atoms with van der Waals surface area (Å²) in [6.07, 6.45) is 1.73. The highest BCUT2D eigenvalue weighted by Gasteiger charge is 2.11. The second-order valence-corrected chi connectivity index (χ2v) is 6.43. The highest BCUT2D eigenvalue weighted by molar-refractivity contribution is 9.10. The number of aromatic nitrogens is 1. The number of nitrogens with one attached hydrogen (secondary N) is 2. The first-order valence-corrected chi connectivity index (χ1v) is 8.37.